The van der Waals surface area contributed by atoms with Gasteiger partial charge < -0.3 is 19.4 Å². The molecule has 1 saturated heterocycles. The van der Waals surface area contributed by atoms with Crippen LogP contribution in [-0.2, 0) is 12.0 Å². The standard InChI is InChI=1S/C33H31N3O4/c1-32(2)20-35(18-23-7-4-5-10-27(23)32)30(37)22-8-6-9-25(15-22)36-31(38)34-28-17-33(36,3)40-29-12-11-21(16-26(28)29)24-13-14-39-19-24/h4-16,19,28H,17-18,20H2,1-3H3,(H,34,38). The molecule has 3 aromatic carbocycles. The molecular formula is C33H31N3O4. The lowest BCUT2D eigenvalue weighted by atomic mass is 9.78. The molecule has 7 rings (SSSR count). The molecule has 0 aliphatic carbocycles. The fourth-order valence-electron chi connectivity index (χ4n) is 6.62. The maximum atomic E-state index is 13.8. The van der Waals surface area contributed by atoms with Crippen LogP contribution in [0.15, 0.2) is 89.7 Å². The van der Waals surface area contributed by atoms with Gasteiger partial charge in [0.1, 0.15) is 5.75 Å². The van der Waals surface area contributed by atoms with Gasteiger partial charge in [0, 0.05) is 41.6 Å². The summed E-state index contributed by atoms with van der Waals surface area (Å²) in [4.78, 5) is 30.9. The van der Waals surface area contributed by atoms with Crippen molar-refractivity contribution in [2.75, 3.05) is 11.4 Å². The Morgan fingerprint density at radius 3 is 2.65 bits per heavy atom. The average Bonchev–Trinajstić information content (AvgIpc) is 3.47. The van der Waals surface area contributed by atoms with Gasteiger partial charge >= 0.3 is 6.03 Å². The van der Waals surface area contributed by atoms with Crippen molar-refractivity contribution < 1.29 is 18.7 Å². The number of rotatable bonds is 3. The first-order valence-corrected chi connectivity index (χ1v) is 13.7. The first-order chi connectivity index (χ1) is 19.2. The highest BCUT2D eigenvalue weighted by Gasteiger charge is 2.50. The van der Waals surface area contributed by atoms with Crippen LogP contribution in [0.1, 0.15) is 60.3 Å². The van der Waals surface area contributed by atoms with Crippen LogP contribution in [0.25, 0.3) is 11.1 Å². The van der Waals surface area contributed by atoms with E-state index in [4.69, 9.17) is 9.15 Å². The van der Waals surface area contributed by atoms with Gasteiger partial charge in [-0.25, -0.2) is 4.79 Å². The predicted molar refractivity (Wildman–Crippen MR) is 152 cm³/mol. The van der Waals surface area contributed by atoms with Gasteiger partial charge in [0.2, 0.25) is 0 Å². The molecule has 7 heteroatoms. The number of hydrogen-bond acceptors (Lipinski definition) is 4. The van der Waals surface area contributed by atoms with E-state index in [1.807, 2.05) is 60.4 Å². The number of nitrogens with zero attached hydrogens (tertiary/aromatic N) is 2. The summed E-state index contributed by atoms with van der Waals surface area (Å²) in [5.41, 5.74) is 5.48. The van der Waals surface area contributed by atoms with Crippen LogP contribution in [-0.4, -0.2) is 29.1 Å². The molecule has 4 aromatic rings. The molecule has 4 heterocycles. The molecule has 3 aliphatic heterocycles. The minimum atomic E-state index is -0.912. The highest BCUT2D eigenvalue weighted by atomic mass is 16.5. The van der Waals surface area contributed by atoms with E-state index >= 15 is 0 Å². The van der Waals surface area contributed by atoms with E-state index in [2.05, 4.69) is 43.4 Å². The second-order valence-electron chi connectivity index (χ2n) is 11.8. The first-order valence-electron chi connectivity index (χ1n) is 13.7. The lowest BCUT2D eigenvalue weighted by Gasteiger charge is -2.50. The van der Waals surface area contributed by atoms with Crippen molar-refractivity contribution in [3.8, 4) is 16.9 Å². The third kappa shape index (κ3) is 3.87. The third-order valence-corrected chi connectivity index (χ3v) is 8.46. The van der Waals surface area contributed by atoms with E-state index in [0.29, 0.717) is 30.8 Å². The number of anilines is 1. The van der Waals surface area contributed by atoms with E-state index in [1.165, 1.54) is 11.1 Å². The Kier molecular flexibility index (Phi) is 5.36. The van der Waals surface area contributed by atoms with Gasteiger partial charge in [-0.2, -0.15) is 0 Å². The Bertz CT molecular complexity index is 1640. The van der Waals surface area contributed by atoms with Gasteiger partial charge in [-0.15, -0.1) is 0 Å². The van der Waals surface area contributed by atoms with E-state index in [1.54, 1.807) is 17.4 Å². The number of nitrogens with one attached hydrogen (secondary N) is 1. The average molecular weight is 534 g/mol. The second kappa shape index (κ2) is 8.74. The maximum absolute atomic E-state index is 13.8. The smallest absolute Gasteiger partial charge is 0.325 e. The number of carbonyl (C=O) groups excluding carboxylic acids is 2. The Labute approximate surface area is 233 Å². The molecule has 0 radical (unpaired) electrons. The van der Waals surface area contributed by atoms with E-state index in [-0.39, 0.29) is 23.4 Å². The minimum Gasteiger partial charge on any atom is -0.472 e. The molecule has 1 fully saturated rings. The van der Waals surface area contributed by atoms with E-state index in [9.17, 15) is 9.59 Å². The summed E-state index contributed by atoms with van der Waals surface area (Å²) in [5, 5.41) is 3.17. The Morgan fingerprint density at radius 1 is 0.975 bits per heavy atom. The van der Waals surface area contributed by atoms with Crippen molar-refractivity contribution in [2.24, 2.45) is 0 Å². The zero-order chi connectivity index (χ0) is 27.6. The predicted octanol–water partition coefficient (Wildman–Crippen LogP) is 6.65. The number of hydrogen-bond donors (Lipinski definition) is 1. The fourth-order valence-corrected chi connectivity index (χ4v) is 6.62. The molecule has 2 unspecified atom stereocenters. The fraction of sp³-hybridized carbons (Fsp3) is 0.273. The van der Waals surface area contributed by atoms with Crippen LogP contribution < -0.4 is 15.0 Å². The van der Waals surface area contributed by atoms with Crippen LogP contribution in [0.4, 0.5) is 10.5 Å². The lowest BCUT2D eigenvalue weighted by Crippen LogP contribution is -2.65. The molecule has 2 bridgehead atoms. The molecule has 7 nitrogen and oxygen atoms in total. The quantitative estimate of drug-likeness (QED) is 0.320. The number of carbonyl (C=O) groups is 2. The van der Waals surface area contributed by atoms with Crippen LogP contribution in [0.3, 0.4) is 0 Å². The third-order valence-electron chi connectivity index (χ3n) is 8.46. The van der Waals surface area contributed by atoms with Crippen LogP contribution >= 0.6 is 0 Å². The number of urea groups is 1. The molecule has 0 saturated carbocycles. The van der Waals surface area contributed by atoms with Crippen LogP contribution in [0.5, 0.6) is 5.75 Å². The monoisotopic (exact) mass is 533 g/mol. The summed E-state index contributed by atoms with van der Waals surface area (Å²) in [7, 11) is 0. The van der Waals surface area contributed by atoms with Gasteiger partial charge in [-0.3, -0.25) is 9.69 Å². The summed E-state index contributed by atoms with van der Waals surface area (Å²) in [5.74, 6) is 0.684. The Hall–Kier alpha value is -4.52. The molecule has 1 aromatic heterocycles. The van der Waals surface area contributed by atoms with Gasteiger partial charge in [-0.05, 0) is 60.0 Å². The van der Waals surface area contributed by atoms with Gasteiger partial charge in [0.05, 0.1) is 24.3 Å². The Balaban J connectivity index is 1.18. The molecule has 40 heavy (non-hydrogen) atoms. The van der Waals surface area contributed by atoms with E-state index in [0.717, 1.165) is 22.4 Å². The van der Waals surface area contributed by atoms with Crippen molar-refractivity contribution in [3.63, 3.8) is 0 Å². The van der Waals surface area contributed by atoms with Crippen LogP contribution in [0, 0.1) is 0 Å². The van der Waals surface area contributed by atoms with Gasteiger partial charge in [-0.1, -0.05) is 50.2 Å². The molecule has 3 aliphatic rings. The minimum absolute atomic E-state index is 0.0495. The molecule has 2 atom stereocenters. The van der Waals surface area contributed by atoms with Crippen molar-refractivity contribution in [1.82, 2.24) is 10.2 Å². The van der Waals surface area contributed by atoms with Gasteiger partial charge in [0.25, 0.3) is 5.91 Å². The SMILES string of the molecule is CC1(C)CN(C(=O)c2cccc(N3C(=O)NC4CC3(C)Oc3ccc(-c5ccoc5)cc34)c2)Cc2ccccc21. The summed E-state index contributed by atoms with van der Waals surface area (Å²) >= 11 is 0. The first kappa shape index (κ1) is 24.5. The second-order valence-corrected chi connectivity index (χ2v) is 11.8. The zero-order valence-corrected chi connectivity index (χ0v) is 22.8. The van der Waals surface area contributed by atoms with Crippen molar-refractivity contribution in [2.45, 2.75) is 50.9 Å². The normalized spacial score (nSPS) is 22.6. The van der Waals surface area contributed by atoms with Crippen molar-refractivity contribution in [1.29, 1.82) is 0 Å². The summed E-state index contributed by atoms with van der Waals surface area (Å²) in [6, 6.07) is 23.1. The van der Waals surface area contributed by atoms with Crippen molar-refractivity contribution in [3.05, 3.63) is 108 Å². The summed E-state index contributed by atoms with van der Waals surface area (Å²) < 4.78 is 11.8. The number of amides is 3. The van der Waals surface area contributed by atoms with Crippen molar-refractivity contribution >= 4 is 17.6 Å². The number of furan rings is 1. The Morgan fingerprint density at radius 2 is 1.82 bits per heavy atom. The lowest BCUT2D eigenvalue weighted by molar-refractivity contribution is 0.0378. The molecule has 1 N–H and O–H groups in total. The molecular weight excluding hydrogens is 502 g/mol. The molecule has 0 spiro atoms. The summed E-state index contributed by atoms with van der Waals surface area (Å²) in [6.07, 6.45) is 3.91. The molecule has 202 valence electrons. The summed E-state index contributed by atoms with van der Waals surface area (Å²) in [6.45, 7) is 7.47. The topological polar surface area (TPSA) is 75.0 Å². The number of benzene rings is 3. The number of fused-ring (bicyclic) bond motifs is 5. The number of ether oxygens (including phenoxy) is 1. The maximum Gasteiger partial charge on any atom is 0.325 e. The highest BCUT2D eigenvalue weighted by Crippen LogP contribution is 2.47. The van der Waals surface area contributed by atoms with E-state index < -0.39 is 5.72 Å². The molecule has 3 amide bonds. The van der Waals surface area contributed by atoms with Crippen LogP contribution in [0.2, 0.25) is 0 Å². The van der Waals surface area contributed by atoms with Gasteiger partial charge in [0.15, 0.2) is 5.72 Å². The largest absolute Gasteiger partial charge is 0.472 e. The highest BCUT2D eigenvalue weighted by molar-refractivity contribution is 5.99. The zero-order valence-electron chi connectivity index (χ0n) is 22.8.